The number of aliphatic hydroxyl groups excluding tert-OH is 2. The maximum atomic E-state index is 9.53. The molecule has 1 aliphatic heterocycles. The van der Waals surface area contributed by atoms with Crippen LogP contribution in [-0.2, 0) is 11.3 Å². The van der Waals surface area contributed by atoms with E-state index in [2.05, 4.69) is 0 Å². The number of hydrogen-bond acceptors (Lipinski definition) is 3. The number of rotatable bonds is 2. The lowest BCUT2D eigenvalue weighted by Crippen LogP contribution is -2.44. The second-order valence-electron chi connectivity index (χ2n) is 3.50. The first kappa shape index (κ1) is 9.58. The summed E-state index contributed by atoms with van der Waals surface area (Å²) in [6.07, 6.45) is 1.98. The van der Waals surface area contributed by atoms with E-state index in [1.807, 2.05) is 35.2 Å². The highest BCUT2D eigenvalue weighted by atomic mass is 16.5. The van der Waals surface area contributed by atoms with Gasteiger partial charge in [-0.25, -0.2) is 4.57 Å². The predicted octanol–water partition coefficient (Wildman–Crippen LogP) is -0.905. The zero-order valence-electron chi connectivity index (χ0n) is 7.78. The fourth-order valence-electron chi connectivity index (χ4n) is 1.59. The van der Waals surface area contributed by atoms with Crippen molar-refractivity contribution in [3.63, 3.8) is 0 Å². The van der Waals surface area contributed by atoms with Crippen LogP contribution in [0, 0.1) is 0 Å². The lowest BCUT2D eigenvalue weighted by molar-refractivity contribution is -0.704. The van der Waals surface area contributed by atoms with Crippen LogP contribution in [0.2, 0.25) is 0 Å². The fraction of sp³-hybridized carbons (Fsp3) is 0.500. The van der Waals surface area contributed by atoms with Gasteiger partial charge in [0.2, 0.25) is 0 Å². The van der Waals surface area contributed by atoms with Crippen molar-refractivity contribution in [1.29, 1.82) is 0 Å². The highest BCUT2D eigenvalue weighted by Gasteiger charge is 2.36. The topological polar surface area (TPSA) is 53.6 Å². The number of pyridine rings is 1. The van der Waals surface area contributed by atoms with Crippen molar-refractivity contribution in [1.82, 2.24) is 0 Å². The molecule has 1 aliphatic rings. The van der Waals surface area contributed by atoms with Gasteiger partial charge in [-0.05, 0) is 0 Å². The normalized spacial score (nSPS) is 32.0. The van der Waals surface area contributed by atoms with Gasteiger partial charge in [0.25, 0.3) is 0 Å². The summed E-state index contributed by atoms with van der Waals surface area (Å²) in [5.41, 5.74) is 0. The summed E-state index contributed by atoms with van der Waals surface area (Å²) in [6, 6.07) is 5.76. The smallest absolute Gasteiger partial charge is 0.177 e. The van der Waals surface area contributed by atoms with Crippen molar-refractivity contribution >= 4 is 0 Å². The Balaban J connectivity index is 1.99. The van der Waals surface area contributed by atoms with Crippen molar-refractivity contribution in [3.8, 4) is 0 Å². The lowest BCUT2D eigenvalue weighted by atomic mass is 10.1. The molecule has 0 radical (unpaired) electrons. The monoisotopic (exact) mass is 196 g/mol. The molecule has 3 atom stereocenters. The summed E-state index contributed by atoms with van der Waals surface area (Å²) in [7, 11) is 0. The third kappa shape index (κ3) is 1.92. The quantitative estimate of drug-likeness (QED) is 0.602. The molecular weight excluding hydrogens is 182 g/mol. The Morgan fingerprint density at radius 2 is 1.93 bits per heavy atom. The molecule has 0 amide bonds. The van der Waals surface area contributed by atoms with Gasteiger partial charge in [-0.2, -0.15) is 0 Å². The molecule has 2 heterocycles. The van der Waals surface area contributed by atoms with Crippen LogP contribution in [0.15, 0.2) is 30.6 Å². The molecule has 14 heavy (non-hydrogen) atoms. The minimum Gasteiger partial charge on any atom is -0.388 e. The molecule has 4 heteroatoms. The largest absolute Gasteiger partial charge is 0.388 e. The van der Waals surface area contributed by atoms with Crippen molar-refractivity contribution in [3.05, 3.63) is 30.6 Å². The van der Waals surface area contributed by atoms with Crippen LogP contribution < -0.4 is 4.57 Å². The lowest BCUT2D eigenvalue weighted by Gasteiger charge is -2.10. The predicted molar refractivity (Wildman–Crippen MR) is 48.4 cm³/mol. The standard InChI is InChI=1S/C10H14NO3/c12-8-7-14-9(10(8)13)6-11-4-2-1-3-5-11/h1-5,8-10,12-13H,6-7H2/q+1/t8-,9+,10-/m0/s1. The van der Waals surface area contributed by atoms with Gasteiger partial charge < -0.3 is 14.9 Å². The number of nitrogens with zero attached hydrogens (tertiary/aromatic N) is 1. The second-order valence-corrected chi connectivity index (χ2v) is 3.50. The van der Waals surface area contributed by atoms with E-state index in [0.29, 0.717) is 6.54 Å². The van der Waals surface area contributed by atoms with E-state index in [0.717, 1.165) is 0 Å². The Hall–Kier alpha value is -0.970. The van der Waals surface area contributed by atoms with Crippen LogP contribution in [0.4, 0.5) is 0 Å². The Bertz CT molecular complexity index is 291. The Labute approximate surface area is 82.4 Å². The minimum absolute atomic E-state index is 0.221. The van der Waals surface area contributed by atoms with Gasteiger partial charge in [0, 0.05) is 12.1 Å². The maximum absolute atomic E-state index is 9.53. The van der Waals surface area contributed by atoms with Crippen LogP contribution in [0.5, 0.6) is 0 Å². The number of hydrogen-bond donors (Lipinski definition) is 2. The van der Waals surface area contributed by atoms with Gasteiger partial charge in [-0.1, -0.05) is 6.07 Å². The van der Waals surface area contributed by atoms with E-state index in [-0.39, 0.29) is 12.7 Å². The average molecular weight is 196 g/mol. The Morgan fingerprint density at radius 1 is 1.21 bits per heavy atom. The maximum Gasteiger partial charge on any atom is 0.177 e. The van der Waals surface area contributed by atoms with Crippen molar-refractivity contribution in [2.75, 3.05) is 6.61 Å². The third-order valence-electron chi connectivity index (χ3n) is 2.42. The molecule has 1 saturated heterocycles. The van der Waals surface area contributed by atoms with Crippen LogP contribution in [0.1, 0.15) is 0 Å². The van der Waals surface area contributed by atoms with E-state index in [4.69, 9.17) is 4.74 Å². The first-order valence-corrected chi connectivity index (χ1v) is 4.69. The van der Waals surface area contributed by atoms with Gasteiger partial charge in [-0.3, -0.25) is 0 Å². The average Bonchev–Trinajstić information content (AvgIpc) is 2.52. The summed E-state index contributed by atoms with van der Waals surface area (Å²) in [5, 5.41) is 18.8. The molecule has 0 bridgehead atoms. The molecule has 4 nitrogen and oxygen atoms in total. The minimum atomic E-state index is -0.775. The van der Waals surface area contributed by atoms with E-state index in [1.54, 1.807) is 0 Å². The highest BCUT2D eigenvalue weighted by molar-refractivity contribution is 4.85. The second kappa shape index (κ2) is 4.04. The number of aromatic nitrogens is 1. The Morgan fingerprint density at radius 3 is 2.50 bits per heavy atom. The van der Waals surface area contributed by atoms with Crippen LogP contribution in [0.25, 0.3) is 0 Å². The summed E-state index contributed by atoms with van der Waals surface area (Å²) in [5.74, 6) is 0. The van der Waals surface area contributed by atoms with E-state index in [1.165, 1.54) is 0 Å². The van der Waals surface area contributed by atoms with Crippen LogP contribution >= 0.6 is 0 Å². The molecule has 0 saturated carbocycles. The molecule has 1 aromatic heterocycles. The Kier molecular flexibility index (Phi) is 2.77. The van der Waals surface area contributed by atoms with E-state index in [9.17, 15) is 10.2 Å². The summed E-state index contributed by atoms with van der Waals surface area (Å²) in [6.45, 7) is 0.790. The summed E-state index contributed by atoms with van der Waals surface area (Å²) < 4.78 is 7.18. The molecular formula is C10H14NO3+. The zero-order valence-corrected chi connectivity index (χ0v) is 7.78. The summed E-state index contributed by atoms with van der Waals surface area (Å²) >= 11 is 0. The number of ether oxygens (including phenoxy) is 1. The first-order chi connectivity index (χ1) is 6.77. The molecule has 0 aromatic carbocycles. The van der Waals surface area contributed by atoms with Crippen molar-refractivity contribution in [2.45, 2.75) is 24.9 Å². The molecule has 1 fully saturated rings. The van der Waals surface area contributed by atoms with Gasteiger partial charge in [-0.15, -0.1) is 0 Å². The van der Waals surface area contributed by atoms with Crippen LogP contribution in [-0.4, -0.2) is 35.1 Å². The molecule has 0 aliphatic carbocycles. The molecule has 0 unspecified atom stereocenters. The first-order valence-electron chi connectivity index (χ1n) is 4.69. The van der Waals surface area contributed by atoms with E-state index < -0.39 is 12.2 Å². The molecule has 2 rings (SSSR count). The zero-order chi connectivity index (χ0) is 9.97. The van der Waals surface area contributed by atoms with E-state index >= 15 is 0 Å². The fourth-order valence-corrected chi connectivity index (χ4v) is 1.59. The summed E-state index contributed by atoms with van der Waals surface area (Å²) in [4.78, 5) is 0. The van der Waals surface area contributed by atoms with Crippen molar-refractivity contribution < 1.29 is 19.5 Å². The molecule has 1 aromatic rings. The third-order valence-corrected chi connectivity index (χ3v) is 2.42. The highest BCUT2D eigenvalue weighted by Crippen LogP contribution is 2.13. The van der Waals surface area contributed by atoms with Gasteiger partial charge in [0.15, 0.2) is 18.9 Å². The van der Waals surface area contributed by atoms with Crippen LogP contribution in [0.3, 0.4) is 0 Å². The van der Waals surface area contributed by atoms with Gasteiger partial charge in [0.05, 0.1) is 6.61 Å². The molecule has 0 spiro atoms. The molecule has 2 N–H and O–H groups in total. The number of aliphatic hydroxyl groups is 2. The SMILES string of the molecule is O[C@H]1[C@@H](O)CO[C@@H]1C[n+]1ccccc1. The van der Waals surface area contributed by atoms with Gasteiger partial charge in [0.1, 0.15) is 18.3 Å². The molecule has 76 valence electrons. The van der Waals surface area contributed by atoms with Gasteiger partial charge >= 0.3 is 0 Å². The van der Waals surface area contributed by atoms with Crippen molar-refractivity contribution in [2.24, 2.45) is 0 Å².